The van der Waals surface area contributed by atoms with E-state index in [9.17, 15) is 15.3 Å². The molecule has 3 heteroatoms. The highest BCUT2D eigenvalue weighted by Gasteiger charge is 2.63. The van der Waals surface area contributed by atoms with Gasteiger partial charge < -0.3 is 15.3 Å². The van der Waals surface area contributed by atoms with Gasteiger partial charge in [0.2, 0.25) is 0 Å². The molecular weight excluding hydrogens is 408 g/mol. The van der Waals surface area contributed by atoms with Crippen LogP contribution in [0.3, 0.4) is 0 Å². The van der Waals surface area contributed by atoms with E-state index in [-0.39, 0.29) is 33.7 Å². The molecule has 0 aromatic carbocycles. The highest BCUT2D eigenvalue weighted by Crippen LogP contribution is 2.71. The van der Waals surface area contributed by atoms with Crippen LogP contribution in [0.25, 0.3) is 0 Å². The van der Waals surface area contributed by atoms with Crippen molar-refractivity contribution in [3.8, 4) is 0 Å². The second kappa shape index (κ2) is 7.80. The topological polar surface area (TPSA) is 60.7 Å². The minimum atomic E-state index is -0.905. The lowest BCUT2D eigenvalue weighted by molar-refractivity contribution is -0.0853. The number of hydrogen-bond acceptors (Lipinski definition) is 3. The first-order valence-corrected chi connectivity index (χ1v) is 13.3. The summed E-state index contributed by atoms with van der Waals surface area (Å²) in [6.07, 6.45) is 14.2. The zero-order valence-electron chi connectivity index (χ0n) is 22.3. The van der Waals surface area contributed by atoms with Gasteiger partial charge in [-0.15, -0.1) is 0 Å². The minimum Gasteiger partial charge on any atom is -0.393 e. The maximum absolute atomic E-state index is 11.0. The zero-order chi connectivity index (χ0) is 24.6. The molecule has 0 aromatic rings. The van der Waals surface area contributed by atoms with Gasteiger partial charge in [-0.3, -0.25) is 0 Å². The first-order chi connectivity index (χ1) is 15.1. The van der Waals surface area contributed by atoms with Gasteiger partial charge in [0.15, 0.2) is 0 Å². The molecule has 4 aliphatic carbocycles. The summed E-state index contributed by atoms with van der Waals surface area (Å²) in [5, 5.41) is 31.8. The number of fused-ring (bicyclic) bond motifs is 5. The van der Waals surface area contributed by atoms with Gasteiger partial charge in [-0.05, 0) is 103 Å². The van der Waals surface area contributed by atoms with Crippen LogP contribution in [0.5, 0.6) is 0 Å². The molecule has 2 fully saturated rings. The zero-order valence-corrected chi connectivity index (χ0v) is 22.3. The van der Waals surface area contributed by atoms with Crippen molar-refractivity contribution < 1.29 is 15.3 Å². The highest BCUT2D eigenvalue weighted by atomic mass is 16.3. The standard InChI is InChI=1S/C30H48O3/c1-19(23(31)13-15-26(2,3)33)20-11-17-30(8)22-9-10-24-27(4,5)25(32)14-16-28(24,6)21(22)12-18-29(20,30)7/h9,12-13,15,19-20,23-25,31-33H,10-11,14,16-18H2,1-8H3/b15-13-/t19-,20+,23+,24-,25-,28+,29+,30-/m0/s1. The average molecular weight is 457 g/mol. The third-order valence-electron chi connectivity index (χ3n) is 11.2. The molecule has 0 aliphatic heterocycles. The van der Waals surface area contributed by atoms with E-state index in [2.05, 4.69) is 53.7 Å². The molecule has 0 spiro atoms. The summed E-state index contributed by atoms with van der Waals surface area (Å²) in [7, 11) is 0. The first-order valence-electron chi connectivity index (χ1n) is 13.3. The monoisotopic (exact) mass is 456 g/mol. The van der Waals surface area contributed by atoms with Gasteiger partial charge in [-0.1, -0.05) is 65.8 Å². The van der Waals surface area contributed by atoms with E-state index in [0.717, 1.165) is 38.5 Å². The molecule has 2 saturated carbocycles. The lowest BCUT2D eigenvalue weighted by Crippen LogP contribution is -2.54. The largest absolute Gasteiger partial charge is 0.393 e. The Morgan fingerprint density at radius 2 is 1.70 bits per heavy atom. The van der Waals surface area contributed by atoms with E-state index in [1.165, 1.54) is 0 Å². The molecule has 3 N–H and O–H groups in total. The number of rotatable bonds is 4. The molecule has 4 rings (SSSR count). The van der Waals surface area contributed by atoms with E-state index in [0.29, 0.717) is 11.8 Å². The van der Waals surface area contributed by atoms with Crippen molar-refractivity contribution in [1.82, 2.24) is 0 Å². The molecule has 0 amide bonds. The van der Waals surface area contributed by atoms with Crippen molar-refractivity contribution in [3.63, 3.8) is 0 Å². The van der Waals surface area contributed by atoms with Gasteiger partial charge >= 0.3 is 0 Å². The van der Waals surface area contributed by atoms with Crippen molar-refractivity contribution in [1.29, 1.82) is 0 Å². The van der Waals surface area contributed by atoms with Gasteiger partial charge in [0.1, 0.15) is 0 Å². The SMILES string of the molecule is C[C@H]([C@H](O)/C=C\C(C)(C)O)[C@H]1CC[C@@]2(C)C3=CC[C@H]4C(C)(C)[C@@H](O)CC[C@]4(C)C3=CC[C@]12C. The van der Waals surface area contributed by atoms with Crippen LogP contribution in [0.1, 0.15) is 93.9 Å². The number of allylic oxidation sites excluding steroid dienone is 4. The molecule has 8 atom stereocenters. The summed E-state index contributed by atoms with van der Waals surface area (Å²) in [5.41, 5.74) is 2.52. The Labute approximate surface area is 202 Å². The van der Waals surface area contributed by atoms with Crippen LogP contribution < -0.4 is 0 Å². The predicted octanol–water partition coefficient (Wildman–Crippen LogP) is 6.20. The van der Waals surface area contributed by atoms with E-state index >= 15 is 0 Å². The summed E-state index contributed by atoms with van der Waals surface area (Å²) >= 11 is 0. The van der Waals surface area contributed by atoms with Crippen LogP contribution in [0.15, 0.2) is 35.5 Å². The summed E-state index contributed by atoms with van der Waals surface area (Å²) < 4.78 is 0. The average Bonchev–Trinajstić information content (AvgIpc) is 3.00. The van der Waals surface area contributed by atoms with E-state index in [1.807, 2.05) is 0 Å². The fourth-order valence-corrected chi connectivity index (χ4v) is 8.62. The summed E-state index contributed by atoms with van der Waals surface area (Å²) in [6, 6.07) is 0. The fraction of sp³-hybridized carbons (Fsp3) is 0.800. The minimum absolute atomic E-state index is 0.0683. The van der Waals surface area contributed by atoms with E-state index < -0.39 is 11.7 Å². The normalized spacial score (nSPS) is 44.4. The number of hydrogen-bond donors (Lipinski definition) is 3. The maximum atomic E-state index is 11.0. The Morgan fingerprint density at radius 1 is 1.03 bits per heavy atom. The first kappa shape index (κ1) is 25.2. The molecule has 0 bridgehead atoms. The molecule has 33 heavy (non-hydrogen) atoms. The Hall–Kier alpha value is -0.900. The van der Waals surface area contributed by atoms with E-state index in [1.54, 1.807) is 37.1 Å². The number of aliphatic hydroxyl groups excluding tert-OH is 2. The van der Waals surface area contributed by atoms with Crippen LogP contribution in [-0.2, 0) is 0 Å². The third kappa shape index (κ3) is 3.64. The summed E-state index contributed by atoms with van der Waals surface area (Å²) in [6.45, 7) is 17.6. The van der Waals surface area contributed by atoms with Crippen LogP contribution in [0, 0.1) is 39.4 Å². The van der Waals surface area contributed by atoms with Gasteiger partial charge in [-0.2, -0.15) is 0 Å². The third-order valence-corrected chi connectivity index (χ3v) is 11.2. The van der Waals surface area contributed by atoms with Crippen molar-refractivity contribution in [3.05, 3.63) is 35.5 Å². The van der Waals surface area contributed by atoms with Gasteiger partial charge in [0.05, 0.1) is 17.8 Å². The smallest absolute Gasteiger partial charge is 0.0772 e. The molecule has 0 aromatic heterocycles. The van der Waals surface area contributed by atoms with Crippen LogP contribution in [0.2, 0.25) is 0 Å². The lowest BCUT2D eigenvalue weighted by Gasteiger charge is -2.61. The summed E-state index contributed by atoms with van der Waals surface area (Å²) in [5.74, 6) is 1.04. The maximum Gasteiger partial charge on any atom is 0.0772 e. The van der Waals surface area contributed by atoms with Crippen LogP contribution >= 0.6 is 0 Å². The predicted molar refractivity (Wildman–Crippen MR) is 136 cm³/mol. The Kier molecular flexibility index (Phi) is 5.96. The molecule has 0 saturated heterocycles. The Bertz CT molecular complexity index is 873. The molecule has 4 aliphatic rings. The quantitative estimate of drug-likeness (QED) is 0.442. The van der Waals surface area contributed by atoms with E-state index in [4.69, 9.17) is 0 Å². The molecule has 186 valence electrons. The molecule has 0 heterocycles. The van der Waals surface area contributed by atoms with Crippen LogP contribution in [-0.4, -0.2) is 33.1 Å². The fourth-order valence-electron chi connectivity index (χ4n) is 8.62. The highest BCUT2D eigenvalue weighted by molar-refractivity contribution is 5.49. The molecule has 3 nitrogen and oxygen atoms in total. The summed E-state index contributed by atoms with van der Waals surface area (Å²) in [4.78, 5) is 0. The van der Waals surface area contributed by atoms with Crippen molar-refractivity contribution >= 4 is 0 Å². The van der Waals surface area contributed by atoms with Crippen molar-refractivity contribution in [2.24, 2.45) is 39.4 Å². The van der Waals surface area contributed by atoms with Gasteiger partial charge in [0.25, 0.3) is 0 Å². The molecule has 0 unspecified atom stereocenters. The molecular formula is C30H48O3. The second-order valence-electron chi connectivity index (χ2n) is 13.8. The van der Waals surface area contributed by atoms with Crippen molar-refractivity contribution in [2.75, 3.05) is 0 Å². The number of aliphatic hydroxyl groups is 3. The van der Waals surface area contributed by atoms with Crippen LogP contribution in [0.4, 0.5) is 0 Å². The van der Waals surface area contributed by atoms with Crippen molar-refractivity contribution in [2.45, 2.75) is 112 Å². The molecule has 0 radical (unpaired) electrons. The second-order valence-corrected chi connectivity index (χ2v) is 13.8. The Balaban J connectivity index is 1.67. The van der Waals surface area contributed by atoms with Gasteiger partial charge in [0, 0.05) is 0 Å². The van der Waals surface area contributed by atoms with Gasteiger partial charge in [-0.25, -0.2) is 0 Å². The lowest BCUT2D eigenvalue weighted by atomic mass is 9.44. The Morgan fingerprint density at radius 3 is 2.33 bits per heavy atom.